The van der Waals surface area contributed by atoms with Crippen molar-refractivity contribution in [3.63, 3.8) is 0 Å². The summed E-state index contributed by atoms with van der Waals surface area (Å²) in [6.07, 6.45) is 5.89. The number of hydrogen-bond donors (Lipinski definition) is 1. The Hall–Kier alpha value is -1.52. The van der Waals surface area contributed by atoms with Crippen molar-refractivity contribution in [2.75, 3.05) is 26.9 Å². The van der Waals surface area contributed by atoms with Crippen LogP contribution in [0.1, 0.15) is 18.4 Å². The molecule has 2 fully saturated rings. The number of ether oxygens (including phenoxy) is 2. The van der Waals surface area contributed by atoms with Gasteiger partial charge < -0.3 is 14.5 Å². The largest absolute Gasteiger partial charge is 0.497 e. The Labute approximate surface area is 125 Å². The highest BCUT2D eigenvalue weighted by molar-refractivity contribution is 5.84. The van der Waals surface area contributed by atoms with Crippen LogP contribution in [0.2, 0.25) is 0 Å². The number of aromatic amines is 1. The second kappa shape index (κ2) is 5.35. The van der Waals surface area contributed by atoms with E-state index < -0.39 is 0 Å². The van der Waals surface area contributed by atoms with Crippen molar-refractivity contribution >= 4 is 10.9 Å². The monoisotopic (exact) mass is 286 g/mol. The van der Waals surface area contributed by atoms with Gasteiger partial charge in [0.1, 0.15) is 5.75 Å². The third-order valence-electron chi connectivity index (χ3n) is 4.94. The fourth-order valence-corrected chi connectivity index (χ4v) is 3.68. The van der Waals surface area contributed by atoms with Crippen LogP contribution in [-0.4, -0.2) is 48.8 Å². The van der Waals surface area contributed by atoms with Gasteiger partial charge in [0.05, 0.1) is 26.4 Å². The number of nitrogens with one attached hydrogen (secondary N) is 1. The minimum atomic E-state index is 0.650. The third kappa shape index (κ3) is 2.32. The minimum Gasteiger partial charge on any atom is -0.497 e. The van der Waals surface area contributed by atoms with Crippen LogP contribution < -0.4 is 4.74 Å². The molecule has 0 radical (unpaired) electrons. The molecule has 0 spiro atoms. The number of rotatable bonds is 4. The normalized spacial score (nSPS) is 23.6. The standard InChI is InChI=1S/C17H22N2O2/c1-20-15-4-5-17-16(8-15)12(9-18-17)7-13-3-2-6-19(13)14-10-21-11-14/h4-5,8-9,13-14,18H,2-3,6-7,10-11H2,1H3. The first-order valence-corrected chi connectivity index (χ1v) is 7.82. The molecule has 0 amide bonds. The highest BCUT2D eigenvalue weighted by atomic mass is 16.5. The Balaban J connectivity index is 1.58. The second-order valence-corrected chi connectivity index (χ2v) is 6.15. The number of likely N-dealkylation sites (tertiary alicyclic amines) is 1. The quantitative estimate of drug-likeness (QED) is 0.938. The lowest BCUT2D eigenvalue weighted by Gasteiger charge is -2.38. The SMILES string of the molecule is COc1ccc2[nH]cc(CC3CCCN3C3COC3)c2c1. The summed E-state index contributed by atoms with van der Waals surface area (Å²) in [5.74, 6) is 0.930. The van der Waals surface area contributed by atoms with E-state index in [2.05, 4.69) is 28.2 Å². The predicted octanol–water partition coefficient (Wildman–Crippen LogP) is 2.58. The van der Waals surface area contributed by atoms with E-state index in [1.54, 1.807) is 7.11 Å². The first-order chi connectivity index (χ1) is 10.3. The fraction of sp³-hybridized carbons (Fsp3) is 0.529. The highest BCUT2D eigenvalue weighted by Gasteiger charge is 2.34. The highest BCUT2D eigenvalue weighted by Crippen LogP contribution is 2.30. The molecule has 3 heterocycles. The lowest BCUT2D eigenvalue weighted by atomic mass is 10.0. The Morgan fingerprint density at radius 3 is 3.05 bits per heavy atom. The molecule has 2 saturated heterocycles. The molecule has 1 aromatic carbocycles. The number of methoxy groups -OCH3 is 1. The number of hydrogen-bond acceptors (Lipinski definition) is 3. The van der Waals surface area contributed by atoms with Crippen LogP contribution in [0, 0.1) is 0 Å². The second-order valence-electron chi connectivity index (χ2n) is 6.15. The summed E-state index contributed by atoms with van der Waals surface area (Å²) < 4.78 is 10.7. The van der Waals surface area contributed by atoms with Gasteiger partial charge in [-0.2, -0.15) is 0 Å². The van der Waals surface area contributed by atoms with Crippen LogP contribution in [-0.2, 0) is 11.2 Å². The Morgan fingerprint density at radius 2 is 2.29 bits per heavy atom. The summed E-state index contributed by atoms with van der Waals surface area (Å²) >= 11 is 0. The lowest BCUT2D eigenvalue weighted by Crippen LogP contribution is -2.51. The van der Waals surface area contributed by atoms with Crippen LogP contribution in [0.15, 0.2) is 24.4 Å². The van der Waals surface area contributed by atoms with E-state index in [0.29, 0.717) is 12.1 Å². The smallest absolute Gasteiger partial charge is 0.119 e. The zero-order chi connectivity index (χ0) is 14.2. The first kappa shape index (κ1) is 13.2. The Morgan fingerprint density at radius 1 is 1.38 bits per heavy atom. The minimum absolute atomic E-state index is 0.650. The molecule has 112 valence electrons. The molecule has 2 aliphatic heterocycles. The molecular formula is C17H22N2O2. The van der Waals surface area contributed by atoms with Crippen LogP contribution in [0.25, 0.3) is 10.9 Å². The average Bonchev–Trinajstić information content (AvgIpc) is 3.05. The van der Waals surface area contributed by atoms with E-state index in [9.17, 15) is 0 Å². The molecule has 0 saturated carbocycles. The van der Waals surface area contributed by atoms with Gasteiger partial charge in [-0.1, -0.05) is 0 Å². The third-order valence-corrected chi connectivity index (χ3v) is 4.94. The van der Waals surface area contributed by atoms with E-state index >= 15 is 0 Å². The van der Waals surface area contributed by atoms with Crippen molar-refractivity contribution in [1.29, 1.82) is 0 Å². The van der Waals surface area contributed by atoms with E-state index in [0.717, 1.165) is 25.4 Å². The van der Waals surface area contributed by atoms with Gasteiger partial charge in [-0.15, -0.1) is 0 Å². The van der Waals surface area contributed by atoms with Crippen LogP contribution >= 0.6 is 0 Å². The zero-order valence-corrected chi connectivity index (χ0v) is 12.5. The molecule has 0 aliphatic carbocycles. The van der Waals surface area contributed by atoms with Crippen molar-refractivity contribution in [3.05, 3.63) is 30.0 Å². The van der Waals surface area contributed by atoms with Gasteiger partial charge in [-0.3, -0.25) is 4.90 Å². The van der Waals surface area contributed by atoms with Crippen LogP contribution in [0.3, 0.4) is 0 Å². The Bertz CT molecular complexity index is 633. The molecule has 4 rings (SSSR count). The summed E-state index contributed by atoms with van der Waals surface area (Å²) in [7, 11) is 1.72. The van der Waals surface area contributed by atoms with Crippen molar-refractivity contribution in [2.24, 2.45) is 0 Å². The summed E-state index contributed by atoms with van der Waals surface area (Å²) in [5.41, 5.74) is 2.60. The Kier molecular flexibility index (Phi) is 3.36. The molecule has 4 heteroatoms. The summed E-state index contributed by atoms with van der Waals surface area (Å²) in [6.45, 7) is 3.06. The van der Waals surface area contributed by atoms with Gasteiger partial charge in [0.2, 0.25) is 0 Å². The molecule has 21 heavy (non-hydrogen) atoms. The molecule has 2 aromatic rings. The molecule has 1 N–H and O–H groups in total. The number of nitrogens with zero attached hydrogens (tertiary/aromatic N) is 1. The number of fused-ring (bicyclic) bond motifs is 1. The van der Waals surface area contributed by atoms with Gasteiger partial charge in [-0.05, 0) is 49.6 Å². The van der Waals surface area contributed by atoms with Gasteiger partial charge in [0.15, 0.2) is 0 Å². The summed E-state index contributed by atoms with van der Waals surface area (Å²) in [6, 6.07) is 7.56. The van der Waals surface area contributed by atoms with E-state index in [1.807, 2.05) is 6.07 Å². The van der Waals surface area contributed by atoms with Gasteiger partial charge in [0.25, 0.3) is 0 Å². The van der Waals surface area contributed by atoms with Crippen LogP contribution in [0.4, 0.5) is 0 Å². The first-order valence-electron chi connectivity index (χ1n) is 7.82. The maximum atomic E-state index is 5.37. The van der Waals surface area contributed by atoms with Crippen LogP contribution in [0.5, 0.6) is 5.75 Å². The van der Waals surface area contributed by atoms with Crippen molar-refractivity contribution in [2.45, 2.75) is 31.3 Å². The predicted molar refractivity (Wildman–Crippen MR) is 82.9 cm³/mol. The van der Waals surface area contributed by atoms with E-state index in [-0.39, 0.29) is 0 Å². The van der Waals surface area contributed by atoms with Gasteiger partial charge in [0, 0.05) is 23.1 Å². The van der Waals surface area contributed by atoms with E-state index in [4.69, 9.17) is 9.47 Å². The number of aromatic nitrogens is 1. The molecule has 2 aliphatic rings. The average molecular weight is 286 g/mol. The van der Waals surface area contributed by atoms with Crippen molar-refractivity contribution < 1.29 is 9.47 Å². The maximum absolute atomic E-state index is 5.37. The topological polar surface area (TPSA) is 37.5 Å². The number of benzene rings is 1. The fourth-order valence-electron chi connectivity index (χ4n) is 3.68. The van der Waals surface area contributed by atoms with E-state index in [1.165, 1.54) is 35.9 Å². The molecule has 1 aromatic heterocycles. The number of H-pyrrole nitrogens is 1. The molecule has 4 nitrogen and oxygen atoms in total. The zero-order valence-electron chi connectivity index (χ0n) is 12.5. The molecule has 0 bridgehead atoms. The maximum Gasteiger partial charge on any atom is 0.119 e. The summed E-state index contributed by atoms with van der Waals surface area (Å²) in [4.78, 5) is 6.04. The summed E-state index contributed by atoms with van der Waals surface area (Å²) in [5, 5.41) is 1.30. The van der Waals surface area contributed by atoms with Crippen molar-refractivity contribution in [1.82, 2.24) is 9.88 Å². The van der Waals surface area contributed by atoms with Crippen molar-refractivity contribution in [3.8, 4) is 5.75 Å². The van der Waals surface area contributed by atoms with Gasteiger partial charge >= 0.3 is 0 Å². The molecule has 1 atom stereocenters. The lowest BCUT2D eigenvalue weighted by molar-refractivity contribution is -0.0690. The van der Waals surface area contributed by atoms with Gasteiger partial charge in [-0.25, -0.2) is 0 Å². The molecule has 1 unspecified atom stereocenters. The molecular weight excluding hydrogens is 264 g/mol.